The minimum atomic E-state index is -3.71. The highest BCUT2D eigenvalue weighted by atomic mass is 35.7. The van der Waals surface area contributed by atoms with Crippen molar-refractivity contribution >= 4 is 37.0 Å². The van der Waals surface area contributed by atoms with Gasteiger partial charge in [-0.25, -0.2) is 8.42 Å². The molecule has 1 rings (SSSR count). The number of thiophene rings is 1. The molecule has 0 saturated heterocycles. The van der Waals surface area contributed by atoms with Gasteiger partial charge in [-0.3, -0.25) is 4.79 Å². The molecule has 0 aliphatic rings. The van der Waals surface area contributed by atoms with Crippen molar-refractivity contribution in [3.63, 3.8) is 0 Å². The molecule has 72 valence electrons. The Morgan fingerprint density at radius 2 is 2.15 bits per heavy atom. The maximum Gasteiger partial charge on any atom is 0.270 e. The second kappa shape index (κ2) is 3.65. The molecular formula is C6H6ClNO3S2. The van der Waals surface area contributed by atoms with Gasteiger partial charge in [0.1, 0.15) is 4.21 Å². The summed E-state index contributed by atoms with van der Waals surface area (Å²) in [5.74, 6) is -0.323. The third kappa shape index (κ3) is 2.43. The minimum Gasteiger partial charge on any atom is -0.354 e. The first-order valence-electron chi connectivity index (χ1n) is 3.21. The molecule has 0 fully saturated rings. The van der Waals surface area contributed by atoms with E-state index in [-0.39, 0.29) is 10.1 Å². The summed E-state index contributed by atoms with van der Waals surface area (Å²) >= 11 is 0.841. The summed E-state index contributed by atoms with van der Waals surface area (Å²) < 4.78 is 21.6. The molecule has 1 aromatic rings. The maximum atomic E-state index is 11.0. The fourth-order valence-electron chi connectivity index (χ4n) is 0.696. The Morgan fingerprint density at radius 3 is 2.54 bits per heavy atom. The number of carbonyl (C=O) groups excluding carboxylic acids is 1. The van der Waals surface area contributed by atoms with Crippen LogP contribution < -0.4 is 5.32 Å². The van der Waals surface area contributed by atoms with E-state index in [2.05, 4.69) is 5.32 Å². The van der Waals surface area contributed by atoms with Gasteiger partial charge in [-0.2, -0.15) is 0 Å². The maximum absolute atomic E-state index is 11.0. The smallest absolute Gasteiger partial charge is 0.270 e. The fraction of sp³-hybridized carbons (Fsp3) is 0.167. The van der Waals surface area contributed by atoms with Gasteiger partial charge in [-0.05, 0) is 12.1 Å². The molecule has 13 heavy (non-hydrogen) atoms. The van der Waals surface area contributed by atoms with Crippen molar-refractivity contribution in [1.82, 2.24) is 5.32 Å². The Hall–Kier alpha value is -0.590. The second-order valence-corrected chi connectivity index (χ2v) is 6.01. The van der Waals surface area contributed by atoms with E-state index >= 15 is 0 Å². The average Bonchev–Trinajstić information content (AvgIpc) is 2.50. The Kier molecular flexibility index (Phi) is 2.94. The molecule has 0 radical (unpaired) electrons. The predicted octanol–water partition coefficient (Wildman–Crippen LogP) is 1.04. The first kappa shape index (κ1) is 10.5. The molecule has 0 atom stereocenters. The number of carbonyl (C=O) groups is 1. The molecule has 1 amide bonds. The van der Waals surface area contributed by atoms with Crippen LogP contribution in [0, 0.1) is 0 Å². The average molecular weight is 240 g/mol. The van der Waals surface area contributed by atoms with Gasteiger partial charge in [-0.1, -0.05) is 0 Å². The summed E-state index contributed by atoms with van der Waals surface area (Å²) in [6.07, 6.45) is 0. The summed E-state index contributed by atoms with van der Waals surface area (Å²) in [5, 5.41) is 2.38. The molecule has 1 aromatic heterocycles. The molecule has 7 heteroatoms. The van der Waals surface area contributed by atoms with Crippen LogP contribution in [0.2, 0.25) is 0 Å². The van der Waals surface area contributed by atoms with Crippen molar-refractivity contribution in [2.45, 2.75) is 4.21 Å². The van der Waals surface area contributed by atoms with E-state index in [1.54, 1.807) is 0 Å². The van der Waals surface area contributed by atoms with Crippen molar-refractivity contribution in [3.8, 4) is 0 Å². The van der Waals surface area contributed by atoms with E-state index in [1.165, 1.54) is 19.2 Å². The number of halogens is 1. The monoisotopic (exact) mass is 239 g/mol. The number of hydrogen-bond donors (Lipinski definition) is 1. The third-order valence-electron chi connectivity index (χ3n) is 1.27. The lowest BCUT2D eigenvalue weighted by Crippen LogP contribution is -2.15. The second-order valence-electron chi connectivity index (χ2n) is 2.14. The molecule has 1 N–H and O–H groups in total. The molecule has 0 aromatic carbocycles. The zero-order chi connectivity index (χ0) is 10.1. The van der Waals surface area contributed by atoms with E-state index in [4.69, 9.17) is 10.7 Å². The molecule has 0 unspecified atom stereocenters. The van der Waals surface area contributed by atoms with Crippen LogP contribution in [-0.4, -0.2) is 21.4 Å². The summed E-state index contributed by atoms with van der Waals surface area (Å²) in [6.45, 7) is 0. The van der Waals surface area contributed by atoms with Crippen LogP contribution in [0.1, 0.15) is 9.67 Å². The van der Waals surface area contributed by atoms with Crippen molar-refractivity contribution in [2.75, 3.05) is 7.05 Å². The first-order valence-corrected chi connectivity index (χ1v) is 6.34. The predicted molar refractivity (Wildman–Crippen MR) is 50.7 cm³/mol. The number of hydrogen-bond acceptors (Lipinski definition) is 4. The van der Waals surface area contributed by atoms with Crippen molar-refractivity contribution < 1.29 is 13.2 Å². The van der Waals surface area contributed by atoms with Crippen LogP contribution in [0.3, 0.4) is 0 Å². The summed E-state index contributed by atoms with van der Waals surface area (Å²) in [4.78, 5) is 11.3. The molecule has 0 bridgehead atoms. The van der Waals surface area contributed by atoms with Crippen molar-refractivity contribution in [1.29, 1.82) is 0 Å². The van der Waals surface area contributed by atoms with Crippen LogP contribution in [0.15, 0.2) is 16.3 Å². The van der Waals surface area contributed by atoms with Gasteiger partial charge in [-0.15, -0.1) is 11.3 Å². The van der Waals surface area contributed by atoms with Crippen LogP contribution in [0.5, 0.6) is 0 Å². The molecule has 0 aliphatic heterocycles. The van der Waals surface area contributed by atoms with E-state index in [9.17, 15) is 13.2 Å². The molecule has 1 heterocycles. The van der Waals surface area contributed by atoms with Gasteiger partial charge < -0.3 is 5.32 Å². The molecule has 0 saturated carbocycles. The topological polar surface area (TPSA) is 63.2 Å². The van der Waals surface area contributed by atoms with Gasteiger partial charge in [0, 0.05) is 17.7 Å². The lowest BCUT2D eigenvalue weighted by molar-refractivity contribution is 0.0967. The lowest BCUT2D eigenvalue weighted by atomic mass is 10.4. The number of amides is 1. The Balaban J connectivity index is 3.07. The van der Waals surface area contributed by atoms with Crippen molar-refractivity contribution in [3.05, 3.63) is 17.0 Å². The van der Waals surface area contributed by atoms with E-state index in [1.807, 2.05) is 0 Å². The van der Waals surface area contributed by atoms with Crippen LogP contribution in [0.4, 0.5) is 0 Å². The minimum absolute atomic E-state index is 0.0206. The largest absolute Gasteiger partial charge is 0.354 e. The van der Waals surface area contributed by atoms with Gasteiger partial charge >= 0.3 is 0 Å². The van der Waals surface area contributed by atoms with E-state index in [0.29, 0.717) is 4.88 Å². The molecule has 0 aliphatic carbocycles. The van der Waals surface area contributed by atoms with Gasteiger partial charge in [0.05, 0.1) is 4.88 Å². The zero-order valence-corrected chi connectivity index (χ0v) is 8.96. The Bertz CT molecular complexity index is 423. The zero-order valence-electron chi connectivity index (χ0n) is 6.57. The van der Waals surface area contributed by atoms with E-state index < -0.39 is 9.05 Å². The molecular weight excluding hydrogens is 234 g/mol. The van der Waals surface area contributed by atoms with E-state index in [0.717, 1.165) is 11.3 Å². The van der Waals surface area contributed by atoms with Crippen molar-refractivity contribution in [2.24, 2.45) is 0 Å². The quantitative estimate of drug-likeness (QED) is 0.785. The standard InChI is InChI=1S/C6H6ClNO3S2/c1-8-6(9)4-2-3-5(12-4)13(7,10)11/h2-3H,1H3,(H,8,9). The molecule has 0 spiro atoms. The highest BCUT2D eigenvalue weighted by Gasteiger charge is 2.15. The number of rotatable bonds is 2. The van der Waals surface area contributed by atoms with Gasteiger partial charge in [0.25, 0.3) is 15.0 Å². The highest BCUT2D eigenvalue weighted by Crippen LogP contribution is 2.24. The first-order chi connectivity index (χ1) is 5.95. The highest BCUT2D eigenvalue weighted by molar-refractivity contribution is 8.15. The van der Waals surface area contributed by atoms with Gasteiger partial charge in [0.15, 0.2) is 0 Å². The van der Waals surface area contributed by atoms with Crippen LogP contribution in [-0.2, 0) is 9.05 Å². The third-order valence-corrected chi connectivity index (χ3v) is 4.45. The fourth-order valence-corrected chi connectivity index (χ4v) is 2.72. The Labute approximate surface area is 83.9 Å². The van der Waals surface area contributed by atoms with Crippen LogP contribution >= 0.6 is 22.0 Å². The molecule has 4 nitrogen and oxygen atoms in total. The summed E-state index contributed by atoms with van der Waals surface area (Å²) in [6, 6.07) is 2.72. The van der Waals surface area contributed by atoms with Gasteiger partial charge in [0.2, 0.25) is 0 Å². The van der Waals surface area contributed by atoms with Crippen LogP contribution in [0.25, 0.3) is 0 Å². The number of nitrogens with one attached hydrogen (secondary N) is 1. The SMILES string of the molecule is CNC(=O)c1ccc(S(=O)(=O)Cl)s1. The summed E-state index contributed by atoms with van der Waals surface area (Å²) in [5.41, 5.74) is 0. The Morgan fingerprint density at radius 1 is 1.54 bits per heavy atom. The lowest BCUT2D eigenvalue weighted by Gasteiger charge is -1.91. The summed E-state index contributed by atoms with van der Waals surface area (Å²) in [7, 11) is 2.83. The normalized spacial score (nSPS) is 11.2.